The number of benzene rings is 1. The smallest absolute Gasteiger partial charge is 0.316 e. The van der Waals surface area contributed by atoms with Gasteiger partial charge >= 0.3 is 11.8 Å². The van der Waals surface area contributed by atoms with Crippen molar-refractivity contribution in [3.63, 3.8) is 0 Å². The van der Waals surface area contributed by atoms with Crippen LogP contribution in [0.15, 0.2) is 28.8 Å². The zero-order chi connectivity index (χ0) is 13.7. The molecular weight excluding hydrogens is 244 g/mol. The maximum absolute atomic E-state index is 11.7. The molecule has 1 amide bonds. The Morgan fingerprint density at radius 3 is 2.79 bits per heavy atom. The molecule has 0 bridgehead atoms. The average molecular weight is 260 g/mol. The molecule has 0 spiro atoms. The fourth-order valence-corrected chi connectivity index (χ4v) is 1.52. The van der Waals surface area contributed by atoms with E-state index in [0.29, 0.717) is 25.3 Å². The average Bonchev–Trinajstić information content (AvgIpc) is 2.89. The van der Waals surface area contributed by atoms with Gasteiger partial charge in [0.05, 0.1) is 0 Å². The molecular formula is C13H16N4O2. The van der Waals surface area contributed by atoms with Crippen molar-refractivity contribution in [3.8, 4) is 11.4 Å². The highest BCUT2D eigenvalue weighted by atomic mass is 16.5. The predicted molar refractivity (Wildman–Crippen MR) is 70.5 cm³/mol. The molecule has 3 N–H and O–H groups in total. The van der Waals surface area contributed by atoms with Gasteiger partial charge in [-0.1, -0.05) is 35.0 Å². The summed E-state index contributed by atoms with van der Waals surface area (Å²) in [7, 11) is 0. The van der Waals surface area contributed by atoms with E-state index in [1.54, 1.807) is 0 Å². The molecule has 0 saturated carbocycles. The van der Waals surface area contributed by atoms with Crippen molar-refractivity contribution in [2.75, 3.05) is 13.1 Å². The van der Waals surface area contributed by atoms with E-state index < -0.39 is 0 Å². The van der Waals surface area contributed by atoms with Crippen molar-refractivity contribution in [2.24, 2.45) is 5.73 Å². The van der Waals surface area contributed by atoms with Gasteiger partial charge in [-0.3, -0.25) is 4.79 Å². The van der Waals surface area contributed by atoms with Crippen LogP contribution in [0.4, 0.5) is 0 Å². The van der Waals surface area contributed by atoms with Crippen LogP contribution < -0.4 is 11.1 Å². The Hall–Kier alpha value is -2.21. The van der Waals surface area contributed by atoms with Crippen molar-refractivity contribution >= 4 is 5.91 Å². The quantitative estimate of drug-likeness (QED) is 0.786. The number of aromatic nitrogens is 2. The summed E-state index contributed by atoms with van der Waals surface area (Å²) in [5.74, 6) is -0.00381. The molecule has 0 saturated heterocycles. The highest BCUT2D eigenvalue weighted by Crippen LogP contribution is 2.16. The molecule has 1 aromatic heterocycles. The second-order valence-corrected chi connectivity index (χ2v) is 4.19. The van der Waals surface area contributed by atoms with E-state index in [9.17, 15) is 4.79 Å². The number of nitrogens with one attached hydrogen (secondary N) is 1. The predicted octanol–water partition coefficient (Wildman–Crippen LogP) is 1.12. The van der Waals surface area contributed by atoms with Gasteiger partial charge in [-0.15, -0.1) is 0 Å². The largest absolute Gasteiger partial charge is 0.348 e. The Morgan fingerprint density at radius 1 is 1.37 bits per heavy atom. The number of nitrogens with zero attached hydrogens (tertiary/aromatic N) is 2. The van der Waals surface area contributed by atoms with Gasteiger partial charge in [-0.05, 0) is 19.9 Å². The number of carbonyl (C=O) groups excluding carboxylic acids is 1. The third kappa shape index (κ3) is 3.38. The first kappa shape index (κ1) is 13.2. The lowest BCUT2D eigenvalue weighted by Gasteiger charge is -1.98. The van der Waals surface area contributed by atoms with Crippen LogP contribution in [0.2, 0.25) is 0 Å². The van der Waals surface area contributed by atoms with E-state index in [4.69, 9.17) is 10.3 Å². The van der Waals surface area contributed by atoms with Gasteiger partial charge in [0, 0.05) is 12.1 Å². The van der Waals surface area contributed by atoms with E-state index >= 15 is 0 Å². The number of hydrogen-bond acceptors (Lipinski definition) is 5. The van der Waals surface area contributed by atoms with Gasteiger partial charge in [0.1, 0.15) is 0 Å². The van der Waals surface area contributed by atoms with Crippen molar-refractivity contribution < 1.29 is 9.32 Å². The number of aryl methyl sites for hydroxylation is 1. The van der Waals surface area contributed by atoms with Crippen LogP contribution in [0, 0.1) is 6.92 Å². The molecule has 19 heavy (non-hydrogen) atoms. The summed E-state index contributed by atoms with van der Waals surface area (Å²) in [5, 5.41) is 6.45. The standard InChI is InChI=1S/C13H16N4O2/c1-9-3-5-10(6-4-9)11-16-13(19-17-11)12(18)15-8-2-7-14/h3-6H,2,7-8,14H2,1H3,(H,15,18). The molecule has 0 aliphatic heterocycles. The van der Waals surface area contributed by atoms with Crippen molar-refractivity contribution in [1.82, 2.24) is 15.5 Å². The summed E-state index contributed by atoms with van der Waals surface area (Å²) in [4.78, 5) is 15.7. The number of amides is 1. The SMILES string of the molecule is Cc1ccc(-c2noc(C(=O)NCCCN)n2)cc1. The van der Waals surface area contributed by atoms with Crippen LogP contribution in [0.3, 0.4) is 0 Å². The normalized spacial score (nSPS) is 10.4. The van der Waals surface area contributed by atoms with Crippen LogP contribution in [-0.4, -0.2) is 29.1 Å². The van der Waals surface area contributed by atoms with E-state index in [0.717, 1.165) is 11.1 Å². The van der Waals surface area contributed by atoms with Crippen LogP contribution >= 0.6 is 0 Å². The summed E-state index contributed by atoms with van der Waals surface area (Å²) in [5.41, 5.74) is 7.30. The fourth-order valence-electron chi connectivity index (χ4n) is 1.52. The van der Waals surface area contributed by atoms with Gasteiger partial charge in [-0.25, -0.2) is 0 Å². The van der Waals surface area contributed by atoms with Crippen LogP contribution in [0.1, 0.15) is 22.7 Å². The molecule has 0 fully saturated rings. The first-order valence-electron chi connectivity index (χ1n) is 6.09. The minimum absolute atomic E-state index is 0.0346. The van der Waals surface area contributed by atoms with Gasteiger partial charge in [0.25, 0.3) is 0 Å². The monoisotopic (exact) mass is 260 g/mol. The van der Waals surface area contributed by atoms with Crippen molar-refractivity contribution in [2.45, 2.75) is 13.3 Å². The summed E-state index contributed by atoms with van der Waals surface area (Å²) in [6.07, 6.45) is 0.713. The molecule has 0 unspecified atom stereocenters. The third-order valence-corrected chi connectivity index (χ3v) is 2.60. The lowest BCUT2D eigenvalue weighted by molar-refractivity contribution is 0.0909. The second-order valence-electron chi connectivity index (χ2n) is 4.19. The van der Waals surface area contributed by atoms with Gasteiger partial charge in [0.15, 0.2) is 0 Å². The van der Waals surface area contributed by atoms with Crippen molar-refractivity contribution in [1.29, 1.82) is 0 Å². The Kier molecular flexibility index (Phi) is 4.25. The van der Waals surface area contributed by atoms with Crippen LogP contribution in [0.25, 0.3) is 11.4 Å². The third-order valence-electron chi connectivity index (χ3n) is 2.60. The molecule has 0 atom stereocenters. The summed E-state index contributed by atoms with van der Waals surface area (Å²) < 4.78 is 4.94. The lowest BCUT2D eigenvalue weighted by atomic mass is 10.1. The van der Waals surface area contributed by atoms with Gasteiger partial charge < -0.3 is 15.6 Å². The molecule has 0 radical (unpaired) electrons. The van der Waals surface area contributed by atoms with Gasteiger partial charge in [-0.2, -0.15) is 4.98 Å². The topological polar surface area (TPSA) is 94.0 Å². The highest BCUT2D eigenvalue weighted by molar-refractivity contribution is 5.89. The summed E-state index contributed by atoms with van der Waals surface area (Å²) >= 11 is 0. The summed E-state index contributed by atoms with van der Waals surface area (Å²) in [6.45, 7) is 3.02. The van der Waals surface area contributed by atoms with E-state index in [2.05, 4.69) is 15.5 Å². The maximum Gasteiger partial charge on any atom is 0.316 e. The van der Waals surface area contributed by atoms with Crippen molar-refractivity contribution in [3.05, 3.63) is 35.7 Å². The van der Waals surface area contributed by atoms with Gasteiger partial charge in [0.2, 0.25) is 5.82 Å². The molecule has 2 aromatic rings. The summed E-state index contributed by atoms with van der Waals surface area (Å²) in [6, 6.07) is 7.67. The minimum atomic E-state index is -0.376. The first-order chi connectivity index (χ1) is 9.20. The molecule has 1 heterocycles. The number of carbonyl (C=O) groups is 1. The van der Waals surface area contributed by atoms with Crippen LogP contribution in [0.5, 0.6) is 0 Å². The Balaban J connectivity index is 2.06. The molecule has 6 heteroatoms. The minimum Gasteiger partial charge on any atom is -0.348 e. The Bertz CT molecular complexity index is 548. The molecule has 1 aromatic carbocycles. The number of rotatable bonds is 5. The molecule has 2 rings (SSSR count). The van der Waals surface area contributed by atoms with E-state index in [1.165, 1.54) is 0 Å². The molecule has 6 nitrogen and oxygen atoms in total. The zero-order valence-corrected chi connectivity index (χ0v) is 10.7. The van der Waals surface area contributed by atoms with E-state index in [1.807, 2.05) is 31.2 Å². The molecule has 100 valence electrons. The first-order valence-corrected chi connectivity index (χ1v) is 6.09. The lowest BCUT2D eigenvalue weighted by Crippen LogP contribution is -2.26. The molecule has 0 aliphatic rings. The fraction of sp³-hybridized carbons (Fsp3) is 0.308. The second kappa shape index (κ2) is 6.10. The number of hydrogen-bond donors (Lipinski definition) is 2. The maximum atomic E-state index is 11.7. The van der Waals surface area contributed by atoms with E-state index in [-0.39, 0.29) is 11.8 Å². The Labute approximate surface area is 111 Å². The highest BCUT2D eigenvalue weighted by Gasteiger charge is 2.15. The molecule has 0 aliphatic carbocycles. The zero-order valence-electron chi connectivity index (χ0n) is 10.7. The van der Waals surface area contributed by atoms with Crippen LogP contribution in [-0.2, 0) is 0 Å². The number of nitrogens with two attached hydrogens (primary N) is 1. The Morgan fingerprint density at radius 2 is 2.11 bits per heavy atom.